The Hall–Kier alpha value is -1.35. The van der Waals surface area contributed by atoms with Gasteiger partial charge < -0.3 is 10.4 Å². The quantitative estimate of drug-likeness (QED) is 0.821. The highest BCUT2D eigenvalue weighted by Gasteiger charge is 2.22. The molecule has 0 aromatic heterocycles. The maximum atomic E-state index is 12.0. The van der Waals surface area contributed by atoms with Crippen LogP contribution in [0, 0.1) is 6.92 Å². The Morgan fingerprint density at radius 1 is 1.35 bits per heavy atom. The standard InChI is InChI=1S/C14H19NO2/c1-10-5-2-3-8-13(10)14(17)15-11-6-4-7-12(16)9-11/h2-3,5,8,11-12,16H,4,6-7,9H2,1H3,(H,15,17)/t11-,12-/m0/s1. The molecule has 1 amide bonds. The summed E-state index contributed by atoms with van der Waals surface area (Å²) in [6.45, 7) is 1.94. The van der Waals surface area contributed by atoms with Gasteiger partial charge in [-0.15, -0.1) is 0 Å². The molecule has 0 unspecified atom stereocenters. The predicted octanol–water partition coefficient (Wildman–Crippen LogP) is 2.03. The zero-order valence-electron chi connectivity index (χ0n) is 10.1. The van der Waals surface area contributed by atoms with Gasteiger partial charge in [-0.2, -0.15) is 0 Å². The van der Waals surface area contributed by atoms with Crippen molar-refractivity contribution in [1.82, 2.24) is 5.32 Å². The van der Waals surface area contributed by atoms with E-state index < -0.39 is 0 Å². The maximum Gasteiger partial charge on any atom is 0.251 e. The van der Waals surface area contributed by atoms with Crippen molar-refractivity contribution in [2.45, 2.75) is 44.8 Å². The van der Waals surface area contributed by atoms with Gasteiger partial charge in [-0.1, -0.05) is 18.2 Å². The smallest absolute Gasteiger partial charge is 0.251 e. The van der Waals surface area contributed by atoms with Crippen LogP contribution < -0.4 is 5.32 Å². The summed E-state index contributed by atoms with van der Waals surface area (Å²) in [7, 11) is 0. The molecule has 92 valence electrons. The predicted molar refractivity (Wildman–Crippen MR) is 66.9 cm³/mol. The number of hydrogen-bond donors (Lipinski definition) is 2. The van der Waals surface area contributed by atoms with E-state index in [0.717, 1.165) is 30.4 Å². The van der Waals surface area contributed by atoms with Crippen molar-refractivity contribution in [1.29, 1.82) is 0 Å². The molecule has 2 atom stereocenters. The molecule has 3 nitrogen and oxygen atoms in total. The molecule has 2 N–H and O–H groups in total. The molecule has 1 saturated carbocycles. The Bertz CT molecular complexity index is 403. The minimum absolute atomic E-state index is 0.0257. The van der Waals surface area contributed by atoms with Crippen LogP contribution in [0.1, 0.15) is 41.6 Å². The van der Waals surface area contributed by atoms with Gasteiger partial charge in [-0.25, -0.2) is 0 Å². The highest BCUT2D eigenvalue weighted by molar-refractivity contribution is 5.95. The minimum atomic E-state index is -0.258. The van der Waals surface area contributed by atoms with Crippen molar-refractivity contribution in [3.63, 3.8) is 0 Å². The average molecular weight is 233 g/mol. The molecule has 0 heterocycles. The summed E-state index contributed by atoms with van der Waals surface area (Å²) in [6, 6.07) is 7.69. The maximum absolute atomic E-state index is 12.0. The molecule has 1 aromatic carbocycles. The van der Waals surface area contributed by atoms with Gasteiger partial charge in [-0.05, 0) is 44.2 Å². The van der Waals surface area contributed by atoms with Gasteiger partial charge >= 0.3 is 0 Å². The number of aryl methyl sites for hydroxylation is 1. The van der Waals surface area contributed by atoms with Gasteiger partial charge in [0.25, 0.3) is 5.91 Å². The van der Waals surface area contributed by atoms with E-state index in [1.54, 1.807) is 0 Å². The topological polar surface area (TPSA) is 49.3 Å². The summed E-state index contributed by atoms with van der Waals surface area (Å²) >= 11 is 0. The van der Waals surface area contributed by atoms with Gasteiger partial charge in [0.2, 0.25) is 0 Å². The van der Waals surface area contributed by atoms with E-state index in [9.17, 15) is 9.90 Å². The van der Waals surface area contributed by atoms with Gasteiger partial charge in [0.1, 0.15) is 0 Å². The first-order chi connectivity index (χ1) is 8.16. The van der Waals surface area contributed by atoms with Crippen molar-refractivity contribution in [3.8, 4) is 0 Å². The molecular weight excluding hydrogens is 214 g/mol. The Kier molecular flexibility index (Phi) is 3.79. The van der Waals surface area contributed by atoms with E-state index in [-0.39, 0.29) is 18.1 Å². The van der Waals surface area contributed by atoms with Gasteiger partial charge in [0.15, 0.2) is 0 Å². The molecule has 17 heavy (non-hydrogen) atoms. The first kappa shape index (κ1) is 12.1. The third-order valence-corrected chi connectivity index (χ3v) is 3.37. The average Bonchev–Trinajstić information content (AvgIpc) is 2.29. The first-order valence-electron chi connectivity index (χ1n) is 6.21. The molecule has 0 radical (unpaired) electrons. The fourth-order valence-electron chi connectivity index (χ4n) is 2.39. The van der Waals surface area contributed by atoms with Gasteiger partial charge in [0.05, 0.1) is 6.10 Å². The van der Waals surface area contributed by atoms with Crippen molar-refractivity contribution in [3.05, 3.63) is 35.4 Å². The highest BCUT2D eigenvalue weighted by atomic mass is 16.3. The summed E-state index contributed by atoms with van der Waals surface area (Å²) in [5, 5.41) is 12.6. The molecule has 1 aromatic rings. The molecular formula is C14H19NO2. The van der Waals surface area contributed by atoms with E-state index in [1.807, 2.05) is 31.2 Å². The number of amides is 1. The van der Waals surface area contributed by atoms with E-state index in [0.29, 0.717) is 6.42 Å². The van der Waals surface area contributed by atoms with Crippen LogP contribution in [-0.2, 0) is 0 Å². The zero-order chi connectivity index (χ0) is 12.3. The summed E-state index contributed by atoms with van der Waals surface area (Å²) in [5.74, 6) is -0.0257. The molecule has 1 fully saturated rings. The Labute approximate surface area is 102 Å². The summed E-state index contributed by atoms with van der Waals surface area (Å²) in [5.41, 5.74) is 1.72. The SMILES string of the molecule is Cc1ccccc1C(=O)N[C@H]1CCC[C@H](O)C1. The van der Waals surface area contributed by atoms with Crippen molar-refractivity contribution in [2.75, 3.05) is 0 Å². The van der Waals surface area contributed by atoms with Gasteiger partial charge in [-0.3, -0.25) is 4.79 Å². The molecule has 2 rings (SSSR count). The molecule has 1 aliphatic rings. The van der Waals surface area contributed by atoms with Crippen LogP contribution in [0.25, 0.3) is 0 Å². The van der Waals surface area contributed by atoms with Crippen molar-refractivity contribution < 1.29 is 9.90 Å². The lowest BCUT2D eigenvalue weighted by molar-refractivity contribution is 0.0849. The number of rotatable bonds is 2. The second-order valence-electron chi connectivity index (χ2n) is 4.81. The Morgan fingerprint density at radius 2 is 2.12 bits per heavy atom. The fraction of sp³-hybridized carbons (Fsp3) is 0.500. The minimum Gasteiger partial charge on any atom is -0.393 e. The van der Waals surface area contributed by atoms with Crippen LogP contribution in [0.4, 0.5) is 0 Å². The van der Waals surface area contributed by atoms with Crippen LogP contribution in [0.2, 0.25) is 0 Å². The lowest BCUT2D eigenvalue weighted by Gasteiger charge is -2.26. The van der Waals surface area contributed by atoms with Crippen LogP contribution in [0.3, 0.4) is 0 Å². The number of nitrogens with one attached hydrogen (secondary N) is 1. The largest absolute Gasteiger partial charge is 0.393 e. The van der Waals surface area contributed by atoms with Crippen LogP contribution >= 0.6 is 0 Å². The number of benzene rings is 1. The van der Waals surface area contributed by atoms with Crippen molar-refractivity contribution in [2.24, 2.45) is 0 Å². The summed E-state index contributed by atoms with van der Waals surface area (Å²) < 4.78 is 0. The van der Waals surface area contributed by atoms with E-state index in [4.69, 9.17) is 0 Å². The molecule has 0 saturated heterocycles. The Balaban J connectivity index is 1.99. The molecule has 1 aliphatic carbocycles. The van der Waals surface area contributed by atoms with E-state index in [1.165, 1.54) is 0 Å². The lowest BCUT2D eigenvalue weighted by Crippen LogP contribution is -2.39. The third-order valence-electron chi connectivity index (χ3n) is 3.37. The second-order valence-corrected chi connectivity index (χ2v) is 4.81. The third kappa shape index (κ3) is 3.07. The van der Waals surface area contributed by atoms with E-state index in [2.05, 4.69) is 5.32 Å². The monoisotopic (exact) mass is 233 g/mol. The number of hydrogen-bond acceptors (Lipinski definition) is 2. The van der Waals surface area contributed by atoms with E-state index >= 15 is 0 Å². The first-order valence-corrected chi connectivity index (χ1v) is 6.21. The summed E-state index contributed by atoms with van der Waals surface area (Å²) in [6.07, 6.45) is 3.23. The number of aliphatic hydroxyl groups is 1. The highest BCUT2D eigenvalue weighted by Crippen LogP contribution is 2.19. The molecule has 3 heteroatoms. The number of carbonyl (C=O) groups excluding carboxylic acids is 1. The second kappa shape index (κ2) is 5.32. The normalized spacial score (nSPS) is 24.4. The van der Waals surface area contributed by atoms with Crippen LogP contribution in [0.15, 0.2) is 24.3 Å². The number of aliphatic hydroxyl groups excluding tert-OH is 1. The van der Waals surface area contributed by atoms with Gasteiger partial charge in [0, 0.05) is 11.6 Å². The molecule has 0 spiro atoms. The fourth-order valence-corrected chi connectivity index (χ4v) is 2.39. The van der Waals surface area contributed by atoms with Crippen molar-refractivity contribution >= 4 is 5.91 Å². The zero-order valence-corrected chi connectivity index (χ0v) is 10.1. The van der Waals surface area contributed by atoms with Crippen LogP contribution in [0.5, 0.6) is 0 Å². The van der Waals surface area contributed by atoms with Crippen LogP contribution in [-0.4, -0.2) is 23.2 Å². The molecule has 0 bridgehead atoms. The number of carbonyl (C=O) groups is 1. The lowest BCUT2D eigenvalue weighted by atomic mass is 9.92. The summed E-state index contributed by atoms with van der Waals surface area (Å²) in [4.78, 5) is 12.0. The Morgan fingerprint density at radius 3 is 2.82 bits per heavy atom. The molecule has 0 aliphatic heterocycles.